The van der Waals surface area contributed by atoms with Crippen molar-refractivity contribution < 1.29 is 22.6 Å². The van der Waals surface area contributed by atoms with Crippen molar-refractivity contribution in [2.24, 2.45) is 0 Å². The second kappa shape index (κ2) is 5.87. The zero-order valence-electron chi connectivity index (χ0n) is 13.8. The van der Waals surface area contributed by atoms with Crippen molar-refractivity contribution in [1.82, 2.24) is 4.98 Å². The van der Waals surface area contributed by atoms with Gasteiger partial charge >= 0.3 is 13.7 Å². The van der Waals surface area contributed by atoms with Crippen LogP contribution in [0.2, 0.25) is 0 Å². The summed E-state index contributed by atoms with van der Waals surface area (Å²) in [4.78, 5) is 2.81. The Morgan fingerprint density at radius 3 is 2.26 bits per heavy atom. The summed E-state index contributed by atoms with van der Waals surface area (Å²) in [6.07, 6.45) is -2.81. The number of nitrogens with one attached hydrogen (secondary N) is 1. The Morgan fingerprint density at radius 1 is 1.04 bits per heavy atom. The molecule has 1 aromatic carbocycles. The van der Waals surface area contributed by atoms with Crippen molar-refractivity contribution in [2.45, 2.75) is 45.1 Å². The first kappa shape index (κ1) is 17.9. The number of aromatic nitrogens is 1. The summed E-state index contributed by atoms with van der Waals surface area (Å²) in [5, 5.41) is 0.670. The molecule has 3 nitrogen and oxygen atoms in total. The van der Waals surface area contributed by atoms with Gasteiger partial charge in [-0.05, 0) is 50.7 Å². The molecule has 0 fully saturated rings. The van der Waals surface area contributed by atoms with Gasteiger partial charge < -0.3 is 14.4 Å². The van der Waals surface area contributed by atoms with E-state index in [2.05, 4.69) is 4.98 Å². The van der Waals surface area contributed by atoms with Crippen molar-refractivity contribution in [1.29, 1.82) is 0 Å². The highest BCUT2D eigenvalue weighted by Gasteiger charge is 2.38. The Balaban J connectivity index is 2.35. The number of ether oxygens (including phenoxy) is 1. The monoisotopic (exact) mass is 326 g/mol. The van der Waals surface area contributed by atoms with E-state index in [4.69, 9.17) is 9.39 Å². The second-order valence-electron chi connectivity index (χ2n) is 6.46. The fourth-order valence-corrected chi connectivity index (χ4v) is 2.06. The van der Waals surface area contributed by atoms with Crippen LogP contribution in [0.15, 0.2) is 24.4 Å². The van der Waals surface area contributed by atoms with Gasteiger partial charge in [0.25, 0.3) is 0 Å². The summed E-state index contributed by atoms with van der Waals surface area (Å²) in [5.74, 6) is 0. The van der Waals surface area contributed by atoms with Crippen LogP contribution in [0.4, 0.5) is 13.2 Å². The third-order valence-corrected chi connectivity index (χ3v) is 4.47. The number of rotatable bonds is 5. The molecule has 0 atom stereocenters. The molecule has 7 heteroatoms. The van der Waals surface area contributed by atoms with E-state index in [0.717, 1.165) is 12.1 Å². The standard InChI is InChI=1S/C16H20BF3NO2/c1-14(2,22-5)15(3,4)23-17-12-8-10(16(18,19)20)9-13-11(12)6-7-21-13/h6-9,21H,1-5H3. The van der Waals surface area contributed by atoms with E-state index in [1.807, 2.05) is 27.7 Å². The summed E-state index contributed by atoms with van der Waals surface area (Å²) in [5.41, 5.74) is -1.26. The molecule has 1 heterocycles. The quantitative estimate of drug-likeness (QED) is 0.851. The summed E-state index contributed by atoms with van der Waals surface area (Å²) in [6.45, 7) is 7.38. The smallest absolute Gasteiger partial charge is 0.416 e. The summed E-state index contributed by atoms with van der Waals surface area (Å²) >= 11 is 0. The average Bonchev–Trinajstić information content (AvgIpc) is 2.91. The van der Waals surface area contributed by atoms with Crippen molar-refractivity contribution in [3.05, 3.63) is 30.0 Å². The number of halogens is 3. The van der Waals surface area contributed by atoms with Gasteiger partial charge in [0.15, 0.2) is 0 Å². The van der Waals surface area contributed by atoms with E-state index in [9.17, 15) is 13.2 Å². The fourth-order valence-electron chi connectivity index (χ4n) is 2.06. The lowest BCUT2D eigenvalue weighted by Crippen LogP contribution is -2.50. The zero-order valence-corrected chi connectivity index (χ0v) is 13.8. The molecular weight excluding hydrogens is 306 g/mol. The second-order valence-corrected chi connectivity index (χ2v) is 6.46. The van der Waals surface area contributed by atoms with Gasteiger partial charge in [-0.1, -0.05) is 6.07 Å². The number of fused-ring (bicyclic) bond motifs is 1. The molecule has 1 N–H and O–H groups in total. The average molecular weight is 326 g/mol. The summed E-state index contributed by atoms with van der Waals surface area (Å²) in [6, 6.07) is 3.90. The molecule has 0 unspecified atom stereocenters. The van der Waals surface area contributed by atoms with Gasteiger partial charge in [-0.3, -0.25) is 0 Å². The van der Waals surface area contributed by atoms with Gasteiger partial charge in [-0.25, -0.2) is 0 Å². The lowest BCUT2D eigenvalue weighted by molar-refractivity contribution is -0.137. The number of alkyl halides is 3. The topological polar surface area (TPSA) is 34.2 Å². The van der Waals surface area contributed by atoms with Crippen LogP contribution in [-0.2, 0) is 15.6 Å². The normalized spacial score (nSPS) is 13.6. The molecular formula is C16H20BF3NO2. The highest BCUT2D eigenvalue weighted by molar-refractivity contribution is 6.51. The van der Waals surface area contributed by atoms with E-state index in [0.29, 0.717) is 16.4 Å². The van der Waals surface area contributed by atoms with Crippen LogP contribution >= 0.6 is 0 Å². The first-order chi connectivity index (χ1) is 10.5. The highest BCUT2D eigenvalue weighted by atomic mass is 19.4. The molecule has 125 valence electrons. The number of hydrogen-bond donors (Lipinski definition) is 1. The number of methoxy groups -OCH3 is 1. The highest BCUT2D eigenvalue weighted by Crippen LogP contribution is 2.31. The van der Waals surface area contributed by atoms with Crippen molar-refractivity contribution >= 4 is 23.8 Å². The predicted octanol–water partition coefficient (Wildman–Crippen LogP) is 3.65. The molecule has 0 amide bonds. The summed E-state index contributed by atoms with van der Waals surface area (Å²) < 4.78 is 50.3. The molecule has 0 bridgehead atoms. The van der Waals surface area contributed by atoms with Gasteiger partial charge in [0, 0.05) is 18.8 Å². The zero-order chi connectivity index (χ0) is 17.5. The maximum absolute atomic E-state index is 13.0. The van der Waals surface area contributed by atoms with Crippen molar-refractivity contribution in [3.8, 4) is 0 Å². The lowest BCUT2D eigenvalue weighted by atomic mass is 9.80. The van der Waals surface area contributed by atoms with Gasteiger partial charge in [0.05, 0.1) is 16.8 Å². The Hall–Kier alpha value is -1.47. The SMILES string of the molecule is COC(C)(C)C(C)(C)O[B]c1cc(C(F)(F)F)cc2[nH]ccc12. The van der Waals surface area contributed by atoms with Crippen LogP contribution < -0.4 is 5.46 Å². The van der Waals surface area contributed by atoms with E-state index in [1.54, 1.807) is 19.4 Å². The number of hydrogen-bond acceptors (Lipinski definition) is 2. The van der Waals surface area contributed by atoms with Gasteiger partial charge in [-0.2, -0.15) is 13.2 Å². The molecule has 0 spiro atoms. The van der Waals surface area contributed by atoms with E-state index in [1.165, 1.54) is 7.48 Å². The van der Waals surface area contributed by atoms with Crippen molar-refractivity contribution in [2.75, 3.05) is 7.11 Å². The van der Waals surface area contributed by atoms with Crippen LogP contribution in [0.25, 0.3) is 10.9 Å². The third kappa shape index (κ3) is 3.56. The summed E-state index contributed by atoms with van der Waals surface area (Å²) in [7, 11) is 2.94. The van der Waals surface area contributed by atoms with Gasteiger partial charge in [0.2, 0.25) is 0 Å². The van der Waals surface area contributed by atoms with Gasteiger partial charge in [0.1, 0.15) is 0 Å². The maximum Gasteiger partial charge on any atom is 0.416 e. The van der Waals surface area contributed by atoms with Crippen LogP contribution in [0.1, 0.15) is 33.3 Å². The number of aromatic amines is 1. The molecule has 0 aliphatic heterocycles. The van der Waals surface area contributed by atoms with Gasteiger partial charge in [-0.15, -0.1) is 0 Å². The van der Waals surface area contributed by atoms with E-state index in [-0.39, 0.29) is 0 Å². The first-order valence-electron chi connectivity index (χ1n) is 7.22. The molecule has 23 heavy (non-hydrogen) atoms. The lowest BCUT2D eigenvalue weighted by Gasteiger charge is -2.40. The van der Waals surface area contributed by atoms with E-state index >= 15 is 0 Å². The fraction of sp³-hybridized carbons (Fsp3) is 0.500. The maximum atomic E-state index is 13.0. The van der Waals surface area contributed by atoms with Crippen LogP contribution in [0.5, 0.6) is 0 Å². The Kier molecular flexibility index (Phi) is 4.56. The first-order valence-corrected chi connectivity index (χ1v) is 7.22. The number of benzene rings is 1. The molecule has 0 aliphatic carbocycles. The molecule has 2 aromatic rings. The molecule has 1 radical (unpaired) electrons. The Bertz CT molecular complexity index is 692. The minimum atomic E-state index is -4.41. The number of H-pyrrole nitrogens is 1. The molecule has 1 aromatic heterocycles. The minimum absolute atomic E-state index is 0.371. The van der Waals surface area contributed by atoms with Crippen LogP contribution in [0.3, 0.4) is 0 Å². The molecule has 0 aliphatic rings. The molecule has 0 saturated heterocycles. The molecule has 0 saturated carbocycles. The Labute approximate surface area is 134 Å². The minimum Gasteiger partial charge on any atom is -0.427 e. The van der Waals surface area contributed by atoms with E-state index < -0.39 is 22.9 Å². The largest absolute Gasteiger partial charge is 0.427 e. The van der Waals surface area contributed by atoms with Crippen LogP contribution in [-0.4, -0.2) is 30.8 Å². The van der Waals surface area contributed by atoms with Crippen molar-refractivity contribution in [3.63, 3.8) is 0 Å². The van der Waals surface area contributed by atoms with Crippen LogP contribution in [0, 0.1) is 0 Å². The third-order valence-electron chi connectivity index (χ3n) is 4.47. The predicted molar refractivity (Wildman–Crippen MR) is 84.9 cm³/mol. The molecule has 2 rings (SSSR count). The Morgan fingerprint density at radius 2 is 1.70 bits per heavy atom.